The van der Waals surface area contributed by atoms with Gasteiger partial charge in [0.05, 0.1) is 0 Å². The number of hydrogen-bond acceptors (Lipinski definition) is 5. The van der Waals surface area contributed by atoms with Crippen molar-refractivity contribution in [2.24, 2.45) is 0 Å². The fourth-order valence-electron chi connectivity index (χ4n) is 2.70. The van der Waals surface area contributed by atoms with Crippen LogP contribution in [0.15, 0.2) is 77.9 Å². The summed E-state index contributed by atoms with van der Waals surface area (Å²) in [5, 5.41) is 6.99. The molecule has 1 N–H and O–H groups in total. The average Bonchev–Trinajstić information content (AvgIpc) is 3.44. The number of amides is 1. The van der Waals surface area contributed by atoms with Gasteiger partial charge < -0.3 is 5.32 Å². The number of nitrogens with one attached hydrogen (secondary N) is 1. The van der Waals surface area contributed by atoms with Crippen LogP contribution in [0.5, 0.6) is 0 Å². The highest BCUT2D eigenvalue weighted by Crippen LogP contribution is 2.29. The van der Waals surface area contributed by atoms with Crippen molar-refractivity contribution in [2.75, 3.05) is 0 Å². The van der Waals surface area contributed by atoms with Crippen LogP contribution in [0.4, 0.5) is 0 Å². The number of carbonyl (C=O) groups is 1. The molecule has 4 aromatic rings. The average molecular weight is 466 g/mol. The first-order valence-corrected chi connectivity index (χ1v) is 10.4. The van der Waals surface area contributed by atoms with Crippen LogP contribution in [0.3, 0.4) is 0 Å². The molecular formula is C21H16BrN5OS. The Morgan fingerprint density at radius 3 is 2.83 bits per heavy atom. The van der Waals surface area contributed by atoms with Gasteiger partial charge >= 0.3 is 0 Å². The molecule has 3 aromatic heterocycles. The van der Waals surface area contributed by atoms with Gasteiger partial charge in [-0.3, -0.25) is 4.79 Å². The van der Waals surface area contributed by atoms with Crippen molar-refractivity contribution in [3.63, 3.8) is 0 Å². The molecule has 6 nitrogen and oxygen atoms in total. The van der Waals surface area contributed by atoms with Crippen LogP contribution in [0.2, 0.25) is 0 Å². The third kappa shape index (κ3) is 4.85. The lowest BCUT2D eigenvalue weighted by Gasteiger charge is -2.08. The lowest BCUT2D eigenvalue weighted by molar-refractivity contribution is -0.116. The number of halogens is 1. The predicted octanol–water partition coefficient (Wildman–Crippen LogP) is 4.48. The minimum Gasteiger partial charge on any atom is -0.348 e. The molecule has 8 heteroatoms. The van der Waals surface area contributed by atoms with Gasteiger partial charge in [-0.15, -0.1) is 11.3 Å². The van der Waals surface area contributed by atoms with Gasteiger partial charge in [0.15, 0.2) is 5.82 Å². The highest BCUT2D eigenvalue weighted by atomic mass is 79.9. The van der Waals surface area contributed by atoms with Crippen LogP contribution in [0.1, 0.15) is 10.4 Å². The maximum absolute atomic E-state index is 12.2. The van der Waals surface area contributed by atoms with Crippen molar-refractivity contribution in [3.05, 3.63) is 88.4 Å². The van der Waals surface area contributed by atoms with Crippen molar-refractivity contribution < 1.29 is 4.79 Å². The molecular weight excluding hydrogens is 450 g/mol. The standard InChI is InChI=1S/C21H16BrN5OS/c22-17-5-3-15(4-6-17)19-9-7-18(29-19)8-10-20(28)25-12-16-2-1-11-24-21(16)27-14-23-13-26-27/h1-11,13-14H,12H2,(H,25,28)/b10-8+. The van der Waals surface area contributed by atoms with Gasteiger partial charge in [-0.25, -0.2) is 14.6 Å². The smallest absolute Gasteiger partial charge is 0.244 e. The Kier molecular flexibility index (Phi) is 5.92. The molecule has 0 aliphatic carbocycles. The molecule has 0 bridgehead atoms. The molecule has 1 aromatic carbocycles. The van der Waals surface area contributed by atoms with E-state index in [0.29, 0.717) is 12.4 Å². The second-order valence-electron chi connectivity index (χ2n) is 6.09. The number of thiophene rings is 1. The van der Waals surface area contributed by atoms with Crippen molar-refractivity contribution in [1.82, 2.24) is 25.1 Å². The summed E-state index contributed by atoms with van der Waals surface area (Å²) in [6.45, 7) is 0.348. The van der Waals surface area contributed by atoms with Gasteiger partial charge in [-0.2, -0.15) is 5.10 Å². The summed E-state index contributed by atoms with van der Waals surface area (Å²) in [7, 11) is 0. The second-order valence-corrected chi connectivity index (χ2v) is 8.12. The molecule has 0 saturated carbocycles. The number of nitrogens with zero attached hydrogens (tertiary/aromatic N) is 4. The van der Waals surface area contributed by atoms with E-state index in [-0.39, 0.29) is 5.91 Å². The minimum absolute atomic E-state index is 0.169. The van der Waals surface area contributed by atoms with E-state index in [1.54, 1.807) is 34.6 Å². The highest BCUT2D eigenvalue weighted by molar-refractivity contribution is 9.10. The quantitative estimate of drug-likeness (QED) is 0.426. The number of benzene rings is 1. The Bertz CT molecular complexity index is 1140. The molecule has 0 saturated heterocycles. The Hall–Kier alpha value is -3.10. The topological polar surface area (TPSA) is 72.7 Å². The Morgan fingerprint density at radius 2 is 2.03 bits per heavy atom. The summed E-state index contributed by atoms with van der Waals surface area (Å²) in [4.78, 5) is 22.7. The Balaban J connectivity index is 1.38. The largest absolute Gasteiger partial charge is 0.348 e. The number of pyridine rings is 1. The molecule has 29 heavy (non-hydrogen) atoms. The minimum atomic E-state index is -0.169. The molecule has 144 valence electrons. The third-order valence-corrected chi connectivity index (χ3v) is 5.74. The van der Waals surface area contributed by atoms with E-state index >= 15 is 0 Å². The van der Waals surface area contributed by atoms with Crippen LogP contribution >= 0.6 is 27.3 Å². The van der Waals surface area contributed by atoms with E-state index in [0.717, 1.165) is 25.4 Å². The highest BCUT2D eigenvalue weighted by Gasteiger charge is 2.07. The van der Waals surface area contributed by atoms with Gasteiger partial charge in [-0.05, 0) is 42.0 Å². The third-order valence-electron chi connectivity index (χ3n) is 4.11. The van der Waals surface area contributed by atoms with E-state index in [2.05, 4.69) is 54.5 Å². The van der Waals surface area contributed by atoms with Gasteiger partial charge in [0.2, 0.25) is 5.91 Å². The molecule has 0 unspecified atom stereocenters. The van der Waals surface area contributed by atoms with Crippen LogP contribution < -0.4 is 5.32 Å². The van der Waals surface area contributed by atoms with Crippen molar-refractivity contribution in [1.29, 1.82) is 0 Å². The number of hydrogen-bond donors (Lipinski definition) is 1. The first-order valence-electron chi connectivity index (χ1n) is 8.79. The number of aromatic nitrogens is 4. The lowest BCUT2D eigenvalue weighted by atomic mass is 10.2. The van der Waals surface area contributed by atoms with E-state index in [9.17, 15) is 4.79 Å². The SMILES string of the molecule is O=C(/C=C/c1ccc(-c2ccc(Br)cc2)s1)NCc1cccnc1-n1cncn1. The molecule has 4 rings (SSSR count). The van der Waals surface area contributed by atoms with E-state index in [4.69, 9.17) is 0 Å². The molecule has 0 aliphatic heterocycles. The first kappa shape index (κ1) is 19.2. The van der Waals surface area contributed by atoms with E-state index in [1.165, 1.54) is 6.33 Å². The fourth-order valence-corrected chi connectivity index (χ4v) is 3.88. The van der Waals surface area contributed by atoms with Gasteiger partial charge in [0.25, 0.3) is 0 Å². The molecule has 0 atom stereocenters. The van der Waals surface area contributed by atoms with Crippen LogP contribution in [0, 0.1) is 0 Å². The van der Waals surface area contributed by atoms with E-state index < -0.39 is 0 Å². The zero-order chi connectivity index (χ0) is 20.1. The maximum Gasteiger partial charge on any atom is 0.244 e. The first-order chi connectivity index (χ1) is 14.2. The normalized spacial score (nSPS) is 11.1. The summed E-state index contributed by atoms with van der Waals surface area (Å²) in [6.07, 6.45) is 8.07. The molecule has 0 aliphatic rings. The predicted molar refractivity (Wildman–Crippen MR) is 117 cm³/mol. The second kappa shape index (κ2) is 8.93. The van der Waals surface area contributed by atoms with Gasteiger partial charge in [0, 0.05) is 38.6 Å². The van der Waals surface area contributed by atoms with Crippen molar-refractivity contribution in [2.45, 2.75) is 6.54 Å². The van der Waals surface area contributed by atoms with E-state index in [1.807, 2.05) is 36.4 Å². The van der Waals surface area contributed by atoms with Gasteiger partial charge in [0.1, 0.15) is 12.7 Å². The molecule has 0 spiro atoms. The lowest BCUT2D eigenvalue weighted by Crippen LogP contribution is -2.21. The summed E-state index contributed by atoms with van der Waals surface area (Å²) in [6, 6.07) is 16.0. The van der Waals surface area contributed by atoms with Crippen molar-refractivity contribution >= 4 is 39.2 Å². The zero-order valence-corrected chi connectivity index (χ0v) is 17.6. The Morgan fingerprint density at radius 1 is 1.17 bits per heavy atom. The van der Waals surface area contributed by atoms with Crippen LogP contribution in [-0.2, 0) is 11.3 Å². The van der Waals surface area contributed by atoms with Crippen molar-refractivity contribution in [3.8, 4) is 16.3 Å². The molecule has 3 heterocycles. The fraction of sp³-hybridized carbons (Fsp3) is 0.0476. The Labute approximate surface area is 180 Å². The summed E-state index contributed by atoms with van der Waals surface area (Å²) in [5.41, 5.74) is 2.01. The van der Waals surface area contributed by atoms with Gasteiger partial charge in [-0.1, -0.05) is 34.1 Å². The maximum atomic E-state index is 12.2. The number of rotatable bonds is 6. The summed E-state index contributed by atoms with van der Waals surface area (Å²) in [5.74, 6) is 0.476. The molecule has 1 amide bonds. The summed E-state index contributed by atoms with van der Waals surface area (Å²) >= 11 is 5.09. The number of carbonyl (C=O) groups excluding carboxylic acids is 1. The summed E-state index contributed by atoms with van der Waals surface area (Å²) < 4.78 is 2.63. The van der Waals surface area contributed by atoms with Crippen LogP contribution in [-0.4, -0.2) is 25.7 Å². The molecule has 0 fully saturated rings. The molecule has 0 radical (unpaired) electrons. The van der Waals surface area contributed by atoms with Crippen LogP contribution in [0.25, 0.3) is 22.3 Å². The monoisotopic (exact) mass is 465 g/mol. The zero-order valence-electron chi connectivity index (χ0n) is 15.2.